The number of pyridine rings is 1. The number of carbonyl (C=O) groups excluding carboxylic acids is 2. The molecule has 1 aliphatic rings. The van der Waals surface area contributed by atoms with Crippen LogP contribution in [0.2, 0.25) is 0 Å². The maximum absolute atomic E-state index is 12.5. The number of ether oxygens (including phenoxy) is 2. The second kappa shape index (κ2) is 7.66. The standard InChI is InChI=1S/C16H20N2O7/c1-3-24-15(20)4-6-16(21)10(2)25-13(8-14(16)19)11-5-7-17-9-12(11)18(22)23/h5,7,9-10,13,21H,3-4,6,8H2,1-2H3. The summed E-state index contributed by atoms with van der Waals surface area (Å²) in [5.74, 6) is -1.03. The summed E-state index contributed by atoms with van der Waals surface area (Å²) in [5, 5.41) is 21.8. The quantitative estimate of drug-likeness (QED) is 0.463. The van der Waals surface area contributed by atoms with E-state index >= 15 is 0 Å². The minimum absolute atomic E-state index is 0.121. The highest BCUT2D eigenvalue weighted by atomic mass is 16.6. The molecule has 9 nitrogen and oxygen atoms in total. The molecule has 1 aromatic heterocycles. The molecule has 0 saturated carbocycles. The van der Waals surface area contributed by atoms with Crippen LogP contribution in [0.5, 0.6) is 0 Å². The number of carbonyl (C=O) groups is 2. The average molecular weight is 352 g/mol. The van der Waals surface area contributed by atoms with Crippen molar-refractivity contribution in [2.24, 2.45) is 0 Å². The van der Waals surface area contributed by atoms with E-state index in [1.807, 2.05) is 0 Å². The van der Waals surface area contributed by atoms with E-state index in [-0.39, 0.29) is 37.1 Å². The number of hydrogen-bond donors (Lipinski definition) is 1. The van der Waals surface area contributed by atoms with Gasteiger partial charge >= 0.3 is 5.97 Å². The van der Waals surface area contributed by atoms with Crippen molar-refractivity contribution in [2.75, 3.05) is 6.61 Å². The molecule has 1 aliphatic heterocycles. The van der Waals surface area contributed by atoms with Gasteiger partial charge in [0.1, 0.15) is 11.8 Å². The number of Topliss-reactive ketones (excluding diaryl/α,β-unsaturated/α-hetero) is 1. The van der Waals surface area contributed by atoms with Crippen molar-refractivity contribution >= 4 is 17.4 Å². The molecular weight excluding hydrogens is 332 g/mol. The number of nitrogens with zero attached hydrogens (tertiary/aromatic N) is 2. The van der Waals surface area contributed by atoms with Gasteiger partial charge in [0.2, 0.25) is 0 Å². The minimum atomic E-state index is -1.83. The predicted molar refractivity (Wildman–Crippen MR) is 84.6 cm³/mol. The van der Waals surface area contributed by atoms with Crippen molar-refractivity contribution in [1.82, 2.24) is 4.98 Å². The van der Waals surface area contributed by atoms with Crippen molar-refractivity contribution in [2.45, 2.75) is 50.9 Å². The van der Waals surface area contributed by atoms with E-state index in [1.54, 1.807) is 6.92 Å². The van der Waals surface area contributed by atoms with Gasteiger partial charge < -0.3 is 14.6 Å². The maximum Gasteiger partial charge on any atom is 0.305 e. The van der Waals surface area contributed by atoms with Gasteiger partial charge in [-0.05, 0) is 26.3 Å². The summed E-state index contributed by atoms with van der Waals surface area (Å²) < 4.78 is 10.5. The third-order valence-electron chi connectivity index (χ3n) is 4.29. The molecule has 3 atom stereocenters. The zero-order chi connectivity index (χ0) is 18.6. The van der Waals surface area contributed by atoms with Crippen LogP contribution in [0.15, 0.2) is 18.5 Å². The summed E-state index contributed by atoms with van der Waals surface area (Å²) in [6.45, 7) is 3.38. The molecule has 25 heavy (non-hydrogen) atoms. The first-order valence-corrected chi connectivity index (χ1v) is 7.94. The van der Waals surface area contributed by atoms with Gasteiger partial charge in [0.05, 0.1) is 29.3 Å². The second-order valence-corrected chi connectivity index (χ2v) is 5.82. The van der Waals surface area contributed by atoms with Crippen LogP contribution >= 0.6 is 0 Å². The summed E-state index contributed by atoms with van der Waals surface area (Å²) in [6, 6.07) is 1.42. The number of rotatable bonds is 6. The van der Waals surface area contributed by atoms with Gasteiger partial charge in [-0.25, -0.2) is 0 Å². The molecule has 0 bridgehead atoms. The van der Waals surface area contributed by atoms with E-state index in [2.05, 4.69) is 4.98 Å². The van der Waals surface area contributed by atoms with Gasteiger partial charge in [-0.1, -0.05) is 0 Å². The lowest BCUT2D eigenvalue weighted by Crippen LogP contribution is -2.54. The van der Waals surface area contributed by atoms with E-state index < -0.39 is 34.5 Å². The minimum Gasteiger partial charge on any atom is -0.466 e. The Hall–Kier alpha value is -2.39. The Morgan fingerprint density at radius 1 is 1.60 bits per heavy atom. The third kappa shape index (κ3) is 3.99. The van der Waals surface area contributed by atoms with Crippen molar-refractivity contribution in [1.29, 1.82) is 0 Å². The fraction of sp³-hybridized carbons (Fsp3) is 0.562. The number of aliphatic hydroxyl groups is 1. The first-order valence-electron chi connectivity index (χ1n) is 7.94. The summed E-state index contributed by atoms with van der Waals surface area (Å²) in [5.41, 5.74) is -1.84. The molecule has 3 unspecified atom stereocenters. The Balaban J connectivity index is 2.16. The highest BCUT2D eigenvalue weighted by molar-refractivity contribution is 5.89. The topological polar surface area (TPSA) is 129 Å². The van der Waals surface area contributed by atoms with E-state index in [0.717, 1.165) is 6.20 Å². The molecule has 1 aromatic rings. The van der Waals surface area contributed by atoms with E-state index in [0.29, 0.717) is 0 Å². The zero-order valence-electron chi connectivity index (χ0n) is 14.0. The Bertz CT molecular complexity index is 678. The van der Waals surface area contributed by atoms with Crippen molar-refractivity contribution in [3.63, 3.8) is 0 Å². The molecule has 0 amide bonds. The van der Waals surface area contributed by atoms with Crippen LogP contribution in [0.4, 0.5) is 5.69 Å². The number of aromatic nitrogens is 1. The highest BCUT2D eigenvalue weighted by Gasteiger charge is 2.48. The lowest BCUT2D eigenvalue weighted by Gasteiger charge is -2.40. The lowest BCUT2D eigenvalue weighted by atomic mass is 9.81. The molecule has 1 fully saturated rings. The Morgan fingerprint density at radius 2 is 2.32 bits per heavy atom. The van der Waals surface area contributed by atoms with Crippen LogP contribution in [0.1, 0.15) is 44.8 Å². The fourth-order valence-corrected chi connectivity index (χ4v) is 2.85. The van der Waals surface area contributed by atoms with Gasteiger partial charge in [0.25, 0.3) is 5.69 Å². The molecule has 1 saturated heterocycles. The normalized spacial score (nSPS) is 26.3. The van der Waals surface area contributed by atoms with E-state index in [4.69, 9.17) is 9.47 Å². The monoisotopic (exact) mass is 352 g/mol. The predicted octanol–water partition coefficient (Wildman–Crippen LogP) is 1.48. The van der Waals surface area contributed by atoms with Crippen LogP contribution in [-0.2, 0) is 19.1 Å². The molecule has 0 spiro atoms. The van der Waals surface area contributed by atoms with Gasteiger partial charge in [0, 0.05) is 19.0 Å². The van der Waals surface area contributed by atoms with Gasteiger partial charge in [-0.2, -0.15) is 0 Å². The average Bonchev–Trinajstić information content (AvgIpc) is 2.58. The zero-order valence-corrected chi connectivity index (χ0v) is 14.0. The second-order valence-electron chi connectivity index (χ2n) is 5.82. The van der Waals surface area contributed by atoms with Gasteiger partial charge in [0.15, 0.2) is 5.78 Å². The molecule has 0 radical (unpaired) electrons. The molecule has 2 heterocycles. The number of ketones is 1. The summed E-state index contributed by atoms with van der Waals surface area (Å²) in [7, 11) is 0. The smallest absolute Gasteiger partial charge is 0.305 e. The van der Waals surface area contributed by atoms with Crippen LogP contribution in [-0.4, -0.2) is 45.1 Å². The SMILES string of the molecule is CCOC(=O)CCC1(O)C(=O)CC(c2ccncc2[N+](=O)[O-])OC1C. The first kappa shape index (κ1) is 18.9. The number of nitro groups is 1. The molecule has 136 valence electrons. The summed E-state index contributed by atoms with van der Waals surface area (Å²) >= 11 is 0. The largest absolute Gasteiger partial charge is 0.466 e. The Labute approximate surface area is 144 Å². The maximum atomic E-state index is 12.5. The van der Waals surface area contributed by atoms with Gasteiger partial charge in [-0.3, -0.25) is 24.7 Å². The Kier molecular flexibility index (Phi) is 5.81. The van der Waals surface area contributed by atoms with Crippen molar-refractivity contribution in [3.8, 4) is 0 Å². The third-order valence-corrected chi connectivity index (χ3v) is 4.29. The fourth-order valence-electron chi connectivity index (χ4n) is 2.85. The molecule has 9 heteroatoms. The lowest BCUT2D eigenvalue weighted by molar-refractivity contribution is -0.386. The van der Waals surface area contributed by atoms with E-state index in [1.165, 1.54) is 19.2 Å². The van der Waals surface area contributed by atoms with Crippen molar-refractivity contribution in [3.05, 3.63) is 34.1 Å². The van der Waals surface area contributed by atoms with Crippen LogP contribution in [0.3, 0.4) is 0 Å². The summed E-state index contributed by atoms with van der Waals surface area (Å²) in [4.78, 5) is 38.2. The molecule has 2 rings (SSSR count). The van der Waals surface area contributed by atoms with Crippen molar-refractivity contribution < 1.29 is 29.1 Å². The molecule has 1 N–H and O–H groups in total. The van der Waals surface area contributed by atoms with Crippen LogP contribution in [0.25, 0.3) is 0 Å². The number of hydrogen-bond acceptors (Lipinski definition) is 8. The Morgan fingerprint density at radius 3 is 2.92 bits per heavy atom. The number of esters is 1. The summed E-state index contributed by atoms with van der Waals surface area (Å²) in [6.07, 6.45) is 0.211. The van der Waals surface area contributed by atoms with E-state index in [9.17, 15) is 24.8 Å². The van der Waals surface area contributed by atoms with Crippen LogP contribution in [0, 0.1) is 10.1 Å². The van der Waals surface area contributed by atoms with Gasteiger partial charge in [-0.15, -0.1) is 0 Å². The molecule has 0 aliphatic carbocycles. The highest BCUT2D eigenvalue weighted by Crippen LogP contribution is 2.39. The molecular formula is C16H20N2O7. The molecule has 0 aromatic carbocycles. The first-order chi connectivity index (χ1) is 11.8. The van der Waals surface area contributed by atoms with Crippen LogP contribution < -0.4 is 0 Å².